The van der Waals surface area contributed by atoms with Crippen LogP contribution in [0.2, 0.25) is 0 Å². The first-order valence-corrected chi connectivity index (χ1v) is 7.46. The fourth-order valence-electron chi connectivity index (χ4n) is 1.75. The lowest BCUT2D eigenvalue weighted by Crippen LogP contribution is -2.33. The van der Waals surface area contributed by atoms with Crippen LogP contribution in [0.4, 0.5) is 11.6 Å². The molecule has 21 heavy (non-hydrogen) atoms. The number of amides is 1. The first-order chi connectivity index (χ1) is 10.1. The molecule has 0 spiro atoms. The van der Waals surface area contributed by atoms with Crippen molar-refractivity contribution >= 4 is 17.5 Å². The summed E-state index contributed by atoms with van der Waals surface area (Å²) in [7, 11) is 0. The van der Waals surface area contributed by atoms with Crippen LogP contribution in [0.1, 0.15) is 45.9 Å². The van der Waals surface area contributed by atoms with Crippen LogP contribution < -0.4 is 21.9 Å². The van der Waals surface area contributed by atoms with Crippen LogP contribution >= 0.6 is 0 Å². The number of nitrogens with zero attached hydrogens (tertiary/aromatic N) is 2. The number of carbonyl (C=O) groups is 1. The molecule has 1 aromatic heterocycles. The van der Waals surface area contributed by atoms with Crippen molar-refractivity contribution in [3.8, 4) is 0 Å². The molecular formula is C14H26N6O. The van der Waals surface area contributed by atoms with Gasteiger partial charge in [0.2, 0.25) is 5.91 Å². The second-order valence-electron chi connectivity index (χ2n) is 5.00. The van der Waals surface area contributed by atoms with Gasteiger partial charge >= 0.3 is 0 Å². The molecule has 0 bridgehead atoms. The van der Waals surface area contributed by atoms with Gasteiger partial charge in [-0.1, -0.05) is 13.8 Å². The summed E-state index contributed by atoms with van der Waals surface area (Å²) < 4.78 is 0. The summed E-state index contributed by atoms with van der Waals surface area (Å²) in [5.74, 6) is 7.42. The van der Waals surface area contributed by atoms with Gasteiger partial charge in [0, 0.05) is 31.5 Å². The van der Waals surface area contributed by atoms with Crippen molar-refractivity contribution in [3.05, 3.63) is 11.9 Å². The molecule has 7 heteroatoms. The maximum atomic E-state index is 11.7. The molecule has 1 unspecified atom stereocenters. The Morgan fingerprint density at radius 1 is 1.33 bits per heavy atom. The van der Waals surface area contributed by atoms with Crippen LogP contribution in [0.15, 0.2) is 6.07 Å². The molecule has 1 aromatic rings. The number of hydrogen-bond donors (Lipinski definition) is 4. The largest absolute Gasteiger partial charge is 0.369 e. The number of hydrazine groups is 1. The smallest absolute Gasteiger partial charge is 0.221 e. The number of nitrogens with two attached hydrogens (primary N) is 1. The number of rotatable bonds is 9. The highest BCUT2D eigenvalue weighted by Gasteiger charge is 2.07. The minimum absolute atomic E-state index is 0.0388. The molecule has 0 aliphatic heterocycles. The van der Waals surface area contributed by atoms with Gasteiger partial charge in [-0.05, 0) is 19.8 Å². The van der Waals surface area contributed by atoms with E-state index in [0.29, 0.717) is 24.6 Å². The fraction of sp³-hybridized carbons (Fsp3) is 0.643. The molecule has 5 N–H and O–H groups in total. The third-order valence-electron chi connectivity index (χ3n) is 3.07. The topological polar surface area (TPSA) is 105 Å². The predicted molar refractivity (Wildman–Crippen MR) is 84.8 cm³/mol. The number of aromatic nitrogens is 2. The SMILES string of the molecule is CCCc1nc(NN)cc(NCCC(=O)NC(C)CC)n1. The van der Waals surface area contributed by atoms with Crippen LogP contribution in [0, 0.1) is 0 Å². The lowest BCUT2D eigenvalue weighted by molar-refractivity contribution is -0.121. The second kappa shape index (κ2) is 9.12. The monoisotopic (exact) mass is 294 g/mol. The Morgan fingerprint density at radius 2 is 2.05 bits per heavy atom. The van der Waals surface area contributed by atoms with Crippen molar-refractivity contribution in [1.29, 1.82) is 0 Å². The number of anilines is 2. The Morgan fingerprint density at radius 3 is 2.67 bits per heavy atom. The van der Waals surface area contributed by atoms with Crippen LogP contribution in [-0.4, -0.2) is 28.5 Å². The highest BCUT2D eigenvalue weighted by molar-refractivity contribution is 5.76. The Labute approximate surface area is 126 Å². The van der Waals surface area contributed by atoms with Gasteiger partial charge in [0.1, 0.15) is 17.5 Å². The minimum Gasteiger partial charge on any atom is -0.369 e. The molecule has 0 aromatic carbocycles. The molecule has 7 nitrogen and oxygen atoms in total. The van der Waals surface area contributed by atoms with E-state index in [2.05, 4.69) is 33.0 Å². The summed E-state index contributed by atoms with van der Waals surface area (Å²) in [6.45, 7) is 6.62. The molecule has 1 rings (SSSR count). The van der Waals surface area contributed by atoms with E-state index in [0.717, 1.165) is 25.1 Å². The average Bonchev–Trinajstić information content (AvgIpc) is 2.47. The van der Waals surface area contributed by atoms with Crippen LogP contribution in [0.5, 0.6) is 0 Å². The van der Waals surface area contributed by atoms with Crippen molar-refractivity contribution in [2.45, 2.75) is 52.5 Å². The summed E-state index contributed by atoms with van der Waals surface area (Å²) >= 11 is 0. The van der Waals surface area contributed by atoms with Crippen LogP contribution in [-0.2, 0) is 11.2 Å². The predicted octanol–water partition coefficient (Wildman–Crippen LogP) is 1.43. The van der Waals surface area contributed by atoms with Gasteiger partial charge in [0.15, 0.2) is 0 Å². The molecule has 0 radical (unpaired) electrons. The number of carbonyl (C=O) groups excluding carboxylic acids is 1. The van der Waals surface area contributed by atoms with E-state index in [-0.39, 0.29) is 11.9 Å². The van der Waals surface area contributed by atoms with Gasteiger partial charge in [-0.2, -0.15) is 0 Å². The molecule has 1 amide bonds. The quantitative estimate of drug-likeness (QED) is 0.406. The van der Waals surface area contributed by atoms with Crippen molar-refractivity contribution in [3.63, 3.8) is 0 Å². The van der Waals surface area contributed by atoms with Gasteiger partial charge < -0.3 is 16.1 Å². The van der Waals surface area contributed by atoms with Gasteiger partial charge in [0.05, 0.1) is 0 Å². The number of nitrogen functional groups attached to an aromatic ring is 1. The van der Waals surface area contributed by atoms with Crippen LogP contribution in [0.25, 0.3) is 0 Å². The van der Waals surface area contributed by atoms with E-state index in [1.807, 2.05) is 13.8 Å². The Balaban J connectivity index is 2.50. The van der Waals surface area contributed by atoms with Crippen molar-refractivity contribution in [2.75, 3.05) is 17.3 Å². The standard InChI is InChI=1S/C14H26N6O/c1-4-6-11-18-12(9-13(19-11)20-15)16-8-7-14(21)17-10(3)5-2/h9-10H,4-8,15H2,1-3H3,(H,17,21)(H2,16,18,19,20). The normalized spacial score (nSPS) is 11.8. The first-order valence-electron chi connectivity index (χ1n) is 7.46. The Bertz CT molecular complexity index is 451. The zero-order valence-corrected chi connectivity index (χ0v) is 13.1. The zero-order chi connectivity index (χ0) is 15.7. The maximum absolute atomic E-state index is 11.7. The van der Waals surface area contributed by atoms with E-state index >= 15 is 0 Å². The van der Waals surface area contributed by atoms with Gasteiger partial charge in [0.25, 0.3) is 0 Å². The zero-order valence-electron chi connectivity index (χ0n) is 13.1. The summed E-state index contributed by atoms with van der Waals surface area (Å²) in [5.41, 5.74) is 2.53. The molecule has 0 saturated heterocycles. The molecule has 0 aliphatic carbocycles. The Kier molecular flexibility index (Phi) is 7.45. The third-order valence-corrected chi connectivity index (χ3v) is 3.07. The van der Waals surface area contributed by atoms with Crippen molar-refractivity contribution in [2.24, 2.45) is 5.84 Å². The molecular weight excluding hydrogens is 268 g/mol. The molecule has 118 valence electrons. The highest BCUT2D eigenvalue weighted by Crippen LogP contribution is 2.11. The highest BCUT2D eigenvalue weighted by atomic mass is 16.1. The summed E-state index contributed by atoms with van der Waals surface area (Å²) in [6.07, 6.45) is 3.09. The van der Waals surface area contributed by atoms with Crippen LogP contribution in [0.3, 0.4) is 0 Å². The molecule has 0 fully saturated rings. The minimum atomic E-state index is 0.0388. The van der Waals surface area contributed by atoms with E-state index in [4.69, 9.17) is 5.84 Å². The molecule has 1 atom stereocenters. The maximum Gasteiger partial charge on any atom is 0.221 e. The summed E-state index contributed by atoms with van der Waals surface area (Å²) in [5, 5.41) is 6.06. The van der Waals surface area contributed by atoms with Gasteiger partial charge in [-0.25, -0.2) is 15.8 Å². The summed E-state index contributed by atoms with van der Waals surface area (Å²) in [4.78, 5) is 20.3. The van der Waals surface area contributed by atoms with E-state index < -0.39 is 0 Å². The van der Waals surface area contributed by atoms with Gasteiger partial charge in [-0.15, -0.1) is 0 Å². The van der Waals surface area contributed by atoms with E-state index in [1.54, 1.807) is 6.07 Å². The Hall–Kier alpha value is -1.89. The molecule has 1 heterocycles. The van der Waals surface area contributed by atoms with Crippen molar-refractivity contribution < 1.29 is 4.79 Å². The number of nitrogens with one attached hydrogen (secondary N) is 3. The lowest BCUT2D eigenvalue weighted by Gasteiger charge is -2.12. The lowest BCUT2D eigenvalue weighted by atomic mass is 10.2. The number of hydrogen-bond acceptors (Lipinski definition) is 6. The summed E-state index contributed by atoms with van der Waals surface area (Å²) in [6, 6.07) is 1.94. The third kappa shape index (κ3) is 6.40. The van der Waals surface area contributed by atoms with Gasteiger partial charge in [-0.3, -0.25) is 4.79 Å². The fourth-order valence-corrected chi connectivity index (χ4v) is 1.75. The molecule has 0 aliphatic rings. The number of aryl methyl sites for hydroxylation is 1. The average molecular weight is 294 g/mol. The van der Waals surface area contributed by atoms with E-state index in [9.17, 15) is 4.79 Å². The van der Waals surface area contributed by atoms with Crippen molar-refractivity contribution in [1.82, 2.24) is 15.3 Å². The second-order valence-corrected chi connectivity index (χ2v) is 5.00. The first kappa shape index (κ1) is 17.2. The van der Waals surface area contributed by atoms with E-state index in [1.165, 1.54) is 0 Å². The molecule has 0 saturated carbocycles.